The van der Waals surface area contributed by atoms with E-state index >= 15 is 0 Å². The van der Waals surface area contributed by atoms with Crippen LogP contribution in [0.15, 0.2) is 24.3 Å². The molecule has 1 aromatic carbocycles. The third kappa shape index (κ3) is 1.99. The van der Waals surface area contributed by atoms with E-state index in [2.05, 4.69) is 4.74 Å². The van der Waals surface area contributed by atoms with Crippen molar-refractivity contribution in [1.82, 2.24) is 0 Å². The van der Waals surface area contributed by atoms with Crippen LogP contribution in [0.4, 0.5) is 4.39 Å². The van der Waals surface area contributed by atoms with E-state index in [-0.39, 0.29) is 11.3 Å². The van der Waals surface area contributed by atoms with Crippen molar-refractivity contribution in [3.05, 3.63) is 29.8 Å². The number of aromatic hydroxyl groups is 1. The zero-order valence-electron chi connectivity index (χ0n) is 9.11. The zero-order chi connectivity index (χ0) is 12.3. The number of alkyl halides is 1. The van der Waals surface area contributed by atoms with Crippen molar-refractivity contribution in [3.63, 3.8) is 0 Å². The van der Waals surface area contributed by atoms with Crippen LogP contribution in [0.1, 0.15) is 12.5 Å². The molecule has 0 aliphatic heterocycles. The van der Waals surface area contributed by atoms with E-state index in [9.17, 15) is 14.3 Å². The first-order chi connectivity index (χ1) is 7.42. The molecule has 16 heavy (non-hydrogen) atoms. The lowest BCUT2D eigenvalue weighted by Crippen LogP contribution is -2.52. The summed E-state index contributed by atoms with van der Waals surface area (Å²) in [5.41, 5.74) is 4.00. The average Bonchev–Trinajstić information content (AvgIpc) is 2.26. The number of rotatable bonds is 3. The fourth-order valence-electron chi connectivity index (χ4n) is 1.44. The maximum atomic E-state index is 13.5. The second kappa shape index (κ2) is 4.49. The second-order valence-corrected chi connectivity index (χ2v) is 3.53. The number of carbonyl (C=O) groups is 1. The minimum Gasteiger partial charge on any atom is -0.508 e. The number of nitrogens with two attached hydrogens (primary N) is 1. The van der Waals surface area contributed by atoms with Gasteiger partial charge in [0, 0.05) is 0 Å². The molecule has 0 saturated heterocycles. The molecular weight excluding hydrogens is 213 g/mol. The average molecular weight is 227 g/mol. The molecule has 88 valence electrons. The van der Waals surface area contributed by atoms with Gasteiger partial charge in [-0.15, -0.1) is 0 Å². The van der Waals surface area contributed by atoms with Gasteiger partial charge in [-0.05, 0) is 24.6 Å². The number of halogens is 1. The predicted molar refractivity (Wildman–Crippen MR) is 56.6 cm³/mol. The minimum atomic E-state index is -1.90. The van der Waals surface area contributed by atoms with Crippen LogP contribution in [-0.4, -0.2) is 24.4 Å². The van der Waals surface area contributed by atoms with Crippen LogP contribution in [0.5, 0.6) is 5.75 Å². The van der Waals surface area contributed by atoms with Gasteiger partial charge >= 0.3 is 5.97 Å². The highest BCUT2D eigenvalue weighted by Crippen LogP contribution is 2.28. The normalized spacial score (nSPS) is 16.2. The van der Waals surface area contributed by atoms with Crippen molar-refractivity contribution < 1.29 is 19.0 Å². The maximum absolute atomic E-state index is 13.5. The molecule has 5 heteroatoms. The number of ether oxygens (including phenoxy) is 1. The summed E-state index contributed by atoms with van der Waals surface area (Å²) in [6.45, 7) is 1.17. The third-order valence-electron chi connectivity index (χ3n) is 2.47. The van der Waals surface area contributed by atoms with Crippen LogP contribution in [0.3, 0.4) is 0 Å². The van der Waals surface area contributed by atoms with Gasteiger partial charge < -0.3 is 15.6 Å². The fourth-order valence-corrected chi connectivity index (χ4v) is 1.44. The lowest BCUT2D eigenvalue weighted by molar-refractivity contribution is -0.150. The SMILES string of the molecule is COC(=O)C(N)(c1cccc(O)c1)C(C)F. The van der Waals surface area contributed by atoms with Crippen LogP contribution in [0.25, 0.3) is 0 Å². The van der Waals surface area contributed by atoms with Gasteiger partial charge in [-0.1, -0.05) is 12.1 Å². The molecule has 4 nitrogen and oxygen atoms in total. The highest BCUT2D eigenvalue weighted by atomic mass is 19.1. The smallest absolute Gasteiger partial charge is 0.333 e. The summed E-state index contributed by atoms with van der Waals surface area (Å²) in [7, 11) is 1.13. The van der Waals surface area contributed by atoms with Crippen LogP contribution >= 0.6 is 0 Å². The molecule has 2 atom stereocenters. The summed E-state index contributed by atoms with van der Waals surface area (Å²) in [6.07, 6.45) is -1.64. The van der Waals surface area contributed by atoms with Gasteiger partial charge in [-0.25, -0.2) is 9.18 Å². The first-order valence-corrected chi connectivity index (χ1v) is 4.73. The zero-order valence-corrected chi connectivity index (χ0v) is 9.11. The summed E-state index contributed by atoms with van der Waals surface area (Å²) in [5, 5.41) is 9.28. The molecule has 0 amide bonds. The minimum absolute atomic E-state index is 0.0862. The molecule has 0 aliphatic rings. The summed E-state index contributed by atoms with van der Waals surface area (Å²) < 4.78 is 18.0. The van der Waals surface area contributed by atoms with Gasteiger partial charge in [0.1, 0.15) is 11.9 Å². The molecule has 1 rings (SSSR count). The van der Waals surface area contributed by atoms with Gasteiger partial charge in [-0.2, -0.15) is 0 Å². The number of benzene rings is 1. The standard InChI is InChI=1S/C11H14FNO3/c1-7(12)11(13,10(15)16-2)8-4-3-5-9(14)6-8/h3-7,14H,13H2,1-2H3. The van der Waals surface area contributed by atoms with Crippen LogP contribution in [-0.2, 0) is 15.1 Å². The lowest BCUT2D eigenvalue weighted by Gasteiger charge is -2.28. The number of esters is 1. The molecule has 0 saturated carbocycles. The van der Waals surface area contributed by atoms with Crippen molar-refractivity contribution in [2.75, 3.05) is 7.11 Å². The van der Waals surface area contributed by atoms with Crippen molar-refractivity contribution in [1.29, 1.82) is 0 Å². The van der Waals surface area contributed by atoms with Crippen molar-refractivity contribution in [3.8, 4) is 5.75 Å². The Kier molecular flexibility index (Phi) is 3.49. The number of methoxy groups -OCH3 is 1. The number of hydrogen-bond acceptors (Lipinski definition) is 4. The molecule has 3 N–H and O–H groups in total. The molecular formula is C11H14FNO3. The maximum Gasteiger partial charge on any atom is 0.333 e. The van der Waals surface area contributed by atoms with Crippen molar-refractivity contribution >= 4 is 5.97 Å². The van der Waals surface area contributed by atoms with E-state index < -0.39 is 17.7 Å². The summed E-state index contributed by atoms with van der Waals surface area (Å²) >= 11 is 0. The Morgan fingerprint density at radius 2 is 2.25 bits per heavy atom. The Balaban J connectivity index is 3.27. The highest BCUT2D eigenvalue weighted by Gasteiger charge is 2.43. The monoisotopic (exact) mass is 227 g/mol. The molecule has 0 aromatic heterocycles. The Labute approximate surface area is 92.8 Å². The summed E-state index contributed by atoms with van der Waals surface area (Å²) in [5.74, 6) is -0.968. The molecule has 0 spiro atoms. The fraction of sp³-hybridized carbons (Fsp3) is 0.364. The number of phenolic OH excluding ortho intramolecular Hbond substituents is 1. The second-order valence-electron chi connectivity index (χ2n) is 3.53. The Morgan fingerprint density at radius 1 is 1.62 bits per heavy atom. The Bertz CT molecular complexity index is 395. The van der Waals surface area contributed by atoms with E-state index in [0.29, 0.717) is 0 Å². The molecule has 2 unspecified atom stereocenters. The van der Waals surface area contributed by atoms with Gasteiger partial charge in [-0.3, -0.25) is 0 Å². The summed E-state index contributed by atoms with van der Waals surface area (Å²) in [6, 6.07) is 5.60. The molecule has 0 heterocycles. The van der Waals surface area contributed by atoms with E-state index in [4.69, 9.17) is 5.73 Å². The molecule has 1 aromatic rings. The molecule has 0 radical (unpaired) electrons. The van der Waals surface area contributed by atoms with Crippen molar-refractivity contribution in [2.45, 2.75) is 18.6 Å². The number of hydrogen-bond donors (Lipinski definition) is 2. The van der Waals surface area contributed by atoms with E-state index in [1.165, 1.54) is 31.2 Å². The van der Waals surface area contributed by atoms with Gasteiger partial charge in [0.15, 0.2) is 5.54 Å². The lowest BCUT2D eigenvalue weighted by atomic mass is 9.87. The van der Waals surface area contributed by atoms with Gasteiger partial charge in [0.25, 0.3) is 0 Å². The Morgan fingerprint density at radius 3 is 2.69 bits per heavy atom. The van der Waals surface area contributed by atoms with E-state index in [1.54, 1.807) is 0 Å². The van der Waals surface area contributed by atoms with Gasteiger partial charge in [0.2, 0.25) is 0 Å². The van der Waals surface area contributed by atoms with Crippen LogP contribution in [0, 0.1) is 0 Å². The first-order valence-electron chi connectivity index (χ1n) is 4.73. The largest absolute Gasteiger partial charge is 0.508 e. The quantitative estimate of drug-likeness (QED) is 0.758. The molecule has 0 fully saturated rings. The van der Waals surface area contributed by atoms with Gasteiger partial charge in [0.05, 0.1) is 7.11 Å². The third-order valence-corrected chi connectivity index (χ3v) is 2.47. The Hall–Kier alpha value is -1.62. The first kappa shape index (κ1) is 12.4. The van der Waals surface area contributed by atoms with E-state index in [0.717, 1.165) is 7.11 Å². The molecule has 0 bridgehead atoms. The topological polar surface area (TPSA) is 72.5 Å². The van der Waals surface area contributed by atoms with Crippen molar-refractivity contribution in [2.24, 2.45) is 5.73 Å². The highest BCUT2D eigenvalue weighted by molar-refractivity contribution is 5.83. The summed E-state index contributed by atoms with van der Waals surface area (Å²) in [4.78, 5) is 11.5. The van der Waals surface area contributed by atoms with Crippen LogP contribution in [0.2, 0.25) is 0 Å². The predicted octanol–water partition coefficient (Wildman–Crippen LogP) is 1.08. The van der Waals surface area contributed by atoms with Crippen LogP contribution < -0.4 is 5.73 Å². The number of phenols is 1. The number of carbonyl (C=O) groups excluding carboxylic acids is 1. The molecule has 0 aliphatic carbocycles. The van der Waals surface area contributed by atoms with E-state index in [1.807, 2.05) is 0 Å².